The summed E-state index contributed by atoms with van der Waals surface area (Å²) in [6.07, 6.45) is 0. The van der Waals surface area contributed by atoms with E-state index < -0.39 is 0 Å². The first-order valence-electron chi connectivity index (χ1n) is 5.36. The Kier molecular flexibility index (Phi) is 3.10. The van der Waals surface area contributed by atoms with Gasteiger partial charge in [0.2, 0.25) is 11.7 Å². The fraction of sp³-hybridized carbons (Fsp3) is 0.333. The van der Waals surface area contributed by atoms with Gasteiger partial charge in [-0.25, -0.2) is 0 Å². The molecule has 1 heterocycles. The van der Waals surface area contributed by atoms with Gasteiger partial charge in [-0.1, -0.05) is 11.2 Å². The highest BCUT2D eigenvalue weighted by molar-refractivity contribution is 5.64. The number of rotatable bonds is 3. The van der Waals surface area contributed by atoms with Crippen molar-refractivity contribution in [1.82, 2.24) is 10.1 Å². The van der Waals surface area contributed by atoms with Crippen LogP contribution in [0.5, 0.6) is 5.75 Å². The van der Waals surface area contributed by atoms with Crippen molar-refractivity contribution >= 4 is 0 Å². The van der Waals surface area contributed by atoms with Crippen molar-refractivity contribution in [2.45, 2.75) is 19.9 Å². The van der Waals surface area contributed by atoms with Gasteiger partial charge in [-0.15, -0.1) is 0 Å². The second-order valence-corrected chi connectivity index (χ2v) is 3.95. The lowest BCUT2D eigenvalue weighted by molar-refractivity contribution is 0.361. The Morgan fingerprint density at radius 1 is 1.41 bits per heavy atom. The molecule has 1 aromatic heterocycles. The number of nitrogens with zero attached hydrogens (tertiary/aromatic N) is 2. The van der Waals surface area contributed by atoms with Crippen LogP contribution < -0.4 is 10.5 Å². The first kappa shape index (κ1) is 11.6. The van der Waals surface area contributed by atoms with Gasteiger partial charge in [0.25, 0.3) is 0 Å². The molecule has 0 aliphatic carbocycles. The van der Waals surface area contributed by atoms with E-state index in [0.29, 0.717) is 11.7 Å². The SMILES string of the molecule is COc1cc(C)ccc1-c1noc([C@H](C)N)n1. The summed E-state index contributed by atoms with van der Waals surface area (Å²) in [6, 6.07) is 5.54. The molecule has 5 heteroatoms. The summed E-state index contributed by atoms with van der Waals surface area (Å²) in [6.45, 7) is 3.79. The van der Waals surface area contributed by atoms with Crippen LogP contribution in [0.4, 0.5) is 0 Å². The molecule has 0 fully saturated rings. The Balaban J connectivity index is 2.44. The average Bonchev–Trinajstić information content (AvgIpc) is 2.78. The number of aromatic nitrogens is 2. The number of hydrogen-bond donors (Lipinski definition) is 1. The predicted octanol–water partition coefficient (Wildman–Crippen LogP) is 2.07. The minimum Gasteiger partial charge on any atom is -0.496 e. The quantitative estimate of drug-likeness (QED) is 0.878. The Labute approximate surface area is 99.6 Å². The predicted molar refractivity (Wildman–Crippen MR) is 63.6 cm³/mol. The fourth-order valence-electron chi connectivity index (χ4n) is 1.51. The topological polar surface area (TPSA) is 74.2 Å². The Morgan fingerprint density at radius 2 is 2.18 bits per heavy atom. The summed E-state index contributed by atoms with van der Waals surface area (Å²) in [7, 11) is 1.62. The maximum Gasteiger partial charge on any atom is 0.243 e. The maximum atomic E-state index is 5.67. The van der Waals surface area contributed by atoms with E-state index in [4.69, 9.17) is 15.0 Å². The molecule has 0 amide bonds. The maximum absolute atomic E-state index is 5.67. The summed E-state index contributed by atoms with van der Waals surface area (Å²) >= 11 is 0. The highest BCUT2D eigenvalue weighted by atomic mass is 16.5. The van der Waals surface area contributed by atoms with Gasteiger partial charge in [-0.2, -0.15) is 4.98 Å². The van der Waals surface area contributed by atoms with E-state index in [-0.39, 0.29) is 6.04 Å². The van der Waals surface area contributed by atoms with Crippen LogP contribution in [0, 0.1) is 6.92 Å². The van der Waals surface area contributed by atoms with Crippen molar-refractivity contribution in [2.75, 3.05) is 7.11 Å². The Bertz CT molecular complexity index is 520. The fourth-order valence-corrected chi connectivity index (χ4v) is 1.51. The van der Waals surface area contributed by atoms with E-state index in [1.165, 1.54) is 0 Å². The van der Waals surface area contributed by atoms with Gasteiger partial charge in [0, 0.05) is 0 Å². The second-order valence-electron chi connectivity index (χ2n) is 3.95. The molecule has 0 spiro atoms. The first-order chi connectivity index (χ1) is 8.11. The van der Waals surface area contributed by atoms with E-state index in [0.717, 1.165) is 16.9 Å². The van der Waals surface area contributed by atoms with Crippen LogP contribution in [0.1, 0.15) is 24.4 Å². The van der Waals surface area contributed by atoms with Gasteiger partial charge in [-0.05, 0) is 31.5 Å². The Hall–Kier alpha value is -1.88. The third-order valence-corrected chi connectivity index (χ3v) is 2.43. The molecule has 0 aliphatic rings. The minimum atomic E-state index is -0.271. The molecular formula is C12H15N3O2. The van der Waals surface area contributed by atoms with E-state index in [2.05, 4.69) is 10.1 Å². The van der Waals surface area contributed by atoms with Gasteiger partial charge in [-0.3, -0.25) is 0 Å². The van der Waals surface area contributed by atoms with Crippen LogP contribution in [0.15, 0.2) is 22.7 Å². The van der Waals surface area contributed by atoms with E-state index >= 15 is 0 Å². The summed E-state index contributed by atoms with van der Waals surface area (Å²) in [5.74, 6) is 1.64. The zero-order valence-corrected chi connectivity index (χ0v) is 10.1. The van der Waals surface area contributed by atoms with E-state index in [1.54, 1.807) is 14.0 Å². The number of aryl methyl sites for hydroxylation is 1. The lowest BCUT2D eigenvalue weighted by Gasteiger charge is -2.05. The summed E-state index contributed by atoms with van der Waals surface area (Å²) in [5, 5.41) is 3.90. The van der Waals surface area contributed by atoms with Gasteiger partial charge in [0.1, 0.15) is 5.75 Å². The smallest absolute Gasteiger partial charge is 0.243 e. The van der Waals surface area contributed by atoms with Crippen LogP contribution in [-0.4, -0.2) is 17.3 Å². The molecule has 0 radical (unpaired) electrons. The third kappa shape index (κ3) is 2.29. The molecule has 5 nitrogen and oxygen atoms in total. The van der Waals surface area contributed by atoms with Crippen LogP contribution in [0.3, 0.4) is 0 Å². The largest absolute Gasteiger partial charge is 0.496 e. The normalized spacial score (nSPS) is 12.5. The second kappa shape index (κ2) is 4.55. The highest BCUT2D eigenvalue weighted by Gasteiger charge is 2.15. The number of methoxy groups -OCH3 is 1. The zero-order chi connectivity index (χ0) is 12.4. The number of ether oxygens (including phenoxy) is 1. The molecule has 2 N–H and O–H groups in total. The van der Waals surface area contributed by atoms with Crippen molar-refractivity contribution < 1.29 is 9.26 Å². The average molecular weight is 233 g/mol. The van der Waals surface area contributed by atoms with Crippen molar-refractivity contribution in [2.24, 2.45) is 5.73 Å². The summed E-state index contributed by atoms with van der Waals surface area (Å²) in [4.78, 5) is 4.24. The van der Waals surface area contributed by atoms with Crippen molar-refractivity contribution in [3.05, 3.63) is 29.7 Å². The Morgan fingerprint density at radius 3 is 2.76 bits per heavy atom. The van der Waals surface area contributed by atoms with Gasteiger partial charge < -0.3 is 15.0 Å². The van der Waals surface area contributed by atoms with Crippen molar-refractivity contribution in [1.29, 1.82) is 0 Å². The molecule has 0 aliphatic heterocycles. The molecule has 0 saturated heterocycles. The third-order valence-electron chi connectivity index (χ3n) is 2.43. The monoisotopic (exact) mass is 233 g/mol. The molecule has 1 atom stereocenters. The molecule has 2 aromatic rings. The van der Waals surface area contributed by atoms with Crippen LogP contribution >= 0.6 is 0 Å². The first-order valence-corrected chi connectivity index (χ1v) is 5.36. The molecule has 0 unspecified atom stereocenters. The number of hydrogen-bond acceptors (Lipinski definition) is 5. The standard InChI is InChI=1S/C12H15N3O2/c1-7-4-5-9(10(6-7)16-3)11-14-12(8(2)13)17-15-11/h4-6,8H,13H2,1-3H3/t8-/m0/s1. The van der Waals surface area contributed by atoms with Crippen LogP contribution in [0.2, 0.25) is 0 Å². The zero-order valence-electron chi connectivity index (χ0n) is 10.1. The molecular weight excluding hydrogens is 218 g/mol. The molecule has 17 heavy (non-hydrogen) atoms. The lowest BCUT2D eigenvalue weighted by Crippen LogP contribution is -2.04. The van der Waals surface area contributed by atoms with Crippen molar-refractivity contribution in [3.8, 4) is 17.1 Å². The molecule has 90 valence electrons. The molecule has 0 saturated carbocycles. The summed E-state index contributed by atoms with van der Waals surface area (Å²) in [5.41, 5.74) is 7.58. The van der Waals surface area contributed by atoms with Gasteiger partial charge >= 0.3 is 0 Å². The van der Waals surface area contributed by atoms with Gasteiger partial charge in [0.05, 0.1) is 18.7 Å². The van der Waals surface area contributed by atoms with Crippen LogP contribution in [0.25, 0.3) is 11.4 Å². The van der Waals surface area contributed by atoms with E-state index in [1.807, 2.05) is 25.1 Å². The van der Waals surface area contributed by atoms with Crippen molar-refractivity contribution in [3.63, 3.8) is 0 Å². The molecule has 0 bridgehead atoms. The highest BCUT2D eigenvalue weighted by Crippen LogP contribution is 2.29. The minimum absolute atomic E-state index is 0.271. The van der Waals surface area contributed by atoms with Gasteiger partial charge in [0.15, 0.2) is 0 Å². The lowest BCUT2D eigenvalue weighted by atomic mass is 10.1. The van der Waals surface area contributed by atoms with Crippen LogP contribution in [-0.2, 0) is 0 Å². The van der Waals surface area contributed by atoms with E-state index in [9.17, 15) is 0 Å². The molecule has 2 rings (SSSR count). The number of benzene rings is 1. The molecule has 1 aromatic carbocycles. The number of nitrogens with two attached hydrogens (primary N) is 1. The summed E-state index contributed by atoms with van der Waals surface area (Å²) < 4.78 is 10.4.